The Bertz CT molecular complexity index is 689. The Kier molecular flexibility index (Phi) is 2.30. The van der Waals surface area contributed by atoms with Gasteiger partial charge in [0.15, 0.2) is 0 Å². The van der Waals surface area contributed by atoms with Crippen LogP contribution in [0, 0.1) is 0 Å². The SMILES string of the molecule is C[C@H](O)c1ccc2ccc3ccccc3c2n1. The molecule has 3 aromatic rings. The molecule has 0 spiro atoms. The smallest absolute Gasteiger partial charge is 0.0932 e. The van der Waals surface area contributed by atoms with E-state index in [4.69, 9.17) is 0 Å². The summed E-state index contributed by atoms with van der Waals surface area (Å²) in [6, 6.07) is 16.2. The molecule has 0 bridgehead atoms. The van der Waals surface area contributed by atoms with E-state index in [2.05, 4.69) is 29.2 Å². The second-order valence-electron chi connectivity index (χ2n) is 4.27. The average Bonchev–Trinajstić information content (AvgIpc) is 2.38. The summed E-state index contributed by atoms with van der Waals surface area (Å²) < 4.78 is 0. The summed E-state index contributed by atoms with van der Waals surface area (Å²) in [4.78, 5) is 4.55. The number of pyridine rings is 1. The van der Waals surface area contributed by atoms with Gasteiger partial charge in [-0.2, -0.15) is 0 Å². The van der Waals surface area contributed by atoms with Crippen molar-refractivity contribution in [3.05, 3.63) is 54.2 Å². The van der Waals surface area contributed by atoms with Crippen molar-refractivity contribution in [1.82, 2.24) is 4.98 Å². The van der Waals surface area contributed by atoms with Crippen LogP contribution in [-0.4, -0.2) is 10.1 Å². The monoisotopic (exact) mass is 223 g/mol. The van der Waals surface area contributed by atoms with E-state index >= 15 is 0 Å². The molecule has 0 amide bonds. The predicted octanol–water partition coefficient (Wildman–Crippen LogP) is 3.44. The van der Waals surface area contributed by atoms with E-state index in [0.29, 0.717) is 5.69 Å². The number of hydrogen-bond acceptors (Lipinski definition) is 2. The molecule has 0 aliphatic carbocycles. The third-order valence-corrected chi connectivity index (χ3v) is 3.03. The Morgan fingerprint density at radius 2 is 1.65 bits per heavy atom. The van der Waals surface area contributed by atoms with Crippen LogP contribution in [0.5, 0.6) is 0 Å². The van der Waals surface area contributed by atoms with Gasteiger partial charge in [0, 0.05) is 10.8 Å². The van der Waals surface area contributed by atoms with Gasteiger partial charge in [-0.25, -0.2) is 4.98 Å². The highest BCUT2D eigenvalue weighted by Crippen LogP contribution is 2.25. The minimum absolute atomic E-state index is 0.529. The van der Waals surface area contributed by atoms with Crippen molar-refractivity contribution in [2.45, 2.75) is 13.0 Å². The fraction of sp³-hybridized carbons (Fsp3) is 0.133. The molecule has 0 saturated carbocycles. The van der Waals surface area contributed by atoms with E-state index in [1.165, 1.54) is 5.39 Å². The Morgan fingerprint density at radius 3 is 2.47 bits per heavy atom. The second kappa shape index (κ2) is 3.82. The van der Waals surface area contributed by atoms with Crippen molar-refractivity contribution in [2.75, 3.05) is 0 Å². The number of benzene rings is 2. The molecule has 0 radical (unpaired) electrons. The first-order valence-corrected chi connectivity index (χ1v) is 5.72. The van der Waals surface area contributed by atoms with Gasteiger partial charge in [-0.3, -0.25) is 0 Å². The predicted molar refractivity (Wildman–Crippen MR) is 69.9 cm³/mol. The van der Waals surface area contributed by atoms with Crippen molar-refractivity contribution in [3.63, 3.8) is 0 Å². The van der Waals surface area contributed by atoms with Gasteiger partial charge in [-0.1, -0.05) is 42.5 Å². The quantitative estimate of drug-likeness (QED) is 0.641. The molecule has 3 rings (SSSR count). The maximum atomic E-state index is 9.59. The van der Waals surface area contributed by atoms with Gasteiger partial charge in [0.25, 0.3) is 0 Å². The van der Waals surface area contributed by atoms with Crippen molar-refractivity contribution in [3.8, 4) is 0 Å². The topological polar surface area (TPSA) is 33.1 Å². The number of hydrogen-bond donors (Lipinski definition) is 1. The molecular weight excluding hydrogens is 210 g/mol. The van der Waals surface area contributed by atoms with Crippen molar-refractivity contribution >= 4 is 21.7 Å². The number of nitrogens with zero attached hydrogens (tertiary/aromatic N) is 1. The Labute approximate surface area is 99.5 Å². The number of fused-ring (bicyclic) bond motifs is 3. The van der Waals surface area contributed by atoms with Crippen LogP contribution in [0.4, 0.5) is 0 Å². The third kappa shape index (κ3) is 1.67. The Morgan fingerprint density at radius 1 is 0.941 bits per heavy atom. The highest BCUT2D eigenvalue weighted by molar-refractivity contribution is 6.05. The van der Waals surface area contributed by atoms with E-state index in [-0.39, 0.29) is 0 Å². The molecule has 0 aliphatic rings. The normalized spacial score (nSPS) is 13.1. The van der Waals surface area contributed by atoms with Crippen LogP contribution >= 0.6 is 0 Å². The fourth-order valence-electron chi connectivity index (χ4n) is 2.11. The number of rotatable bonds is 1. The largest absolute Gasteiger partial charge is 0.387 e. The molecule has 2 nitrogen and oxygen atoms in total. The first kappa shape index (κ1) is 10.2. The minimum atomic E-state index is -0.529. The van der Waals surface area contributed by atoms with Gasteiger partial charge < -0.3 is 5.11 Å². The second-order valence-corrected chi connectivity index (χ2v) is 4.27. The zero-order valence-electron chi connectivity index (χ0n) is 9.59. The molecule has 1 aromatic heterocycles. The summed E-state index contributed by atoms with van der Waals surface area (Å²) in [5.41, 5.74) is 1.68. The highest BCUT2D eigenvalue weighted by atomic mass is 16.3. The van der Waals surface area contributed by atoms with Crippen molar-refractivity contribution in [2.24, 2.45) is 0 Å². The molecule has 2 heteroatoms. The molecule has 1 atom stereocenters. The number of aliphatic hydroxyl groups excluding tert-OH is 1. The van der Waals surface area contributed by atoms with Gasteiger partial charge in [0.2, 0.25) is 0 Å². The lowest BCUT2D eigenvalue weighted by molar-refractivity contribution is 0.195. The van der Waals surface area contributed by atoms with E-state index < -0.39 is 6.10 Å². The number of aromatic nitrogens is 1. The molecule has 0 saturated heterocycles. The van der Waals surface area contributed by atoms with Gasteiger partial charge in [-0.05, 0) is 18.4 Å². The first-order valence-electron chi connectivity index (χ1n) is 5.72. The molecule has 0 fully saturated rings. The fourth-order valence-corrected chi connectivity index (χ4v) is 2.11. The van der Waals surface area contributed by atoms with E-state index in [9.17, 15) is 5.11 Å². The molecule has 84 valence electrons. The first-order chi connectivity index (χ1) is 8.25. The number of aliphatic hydroxyl groups is 1. The molecule has 1 heterocycles. The lowest BCUT2D eigenvalue weighted by Crippen LogP contribution is -1.95. The maximum absolute atomic E-state index is 9.59. The summed E-state index contributed by atoms with van der Waals surface area (Å²) in [5, 5.41) is 13.0. The van der Waals surface area contributed by atoms with Crippen molar-refractivity contribution < 1.29 is 5.11 Å². The van der Waals surface area contributed by atoms with Gasteiger partial charge in [-0.15, -0.1) is 0 Å². The lowest BCUT2D eigenvalue weighted by Gasteiger charge is -2.07. The van der Waals surface area contributed by atoms with Crippen LogP contribution in [0.1, 0.15) is 18.7 Å². The van der Waals surface area contributed by atoms with Gasteiger partial charge in [0.1, 0.15) is 0 Å². The van der Waals surface area contributed by atoms with Crippen LogP contribution in [0.25, 0.3) is 21.7 Å². The lowest BCUT2D eigenvalue weighted by atomic mass is 10.1. The average molecular weight is 223 g/mol. The minimum Gasteiger partial charge on any atom is -0.387 e. The van der Waals surface area contributed by atoms with E-state index in [0.717, 1.165) is 16.3 Å². The van der Waals surface area contributed by atoms with Crippen LogP contribution in [0.3, 0.4) is 0 Å². The Balaban J connectivity index is 2.42. The van der Waals surface area contributed by atoms with Gasteiger partial charge in [0.05, 0.1) is 17.3 Å². The van der Waals surface area contributed by atoms with E-state index in [1.54, 1.807) is 6.92 Å². The summed E-state index contributed by atoms with van der Waals surface area (Å²) in [6.07, 6.45) is -0.529. The summed E-state index contributed by atoms with van der Waals surface area (Å²) >= 11 is 0. The van der Waals surface area contributed by atoms with Crippen LogP contribution in [0.15, 0.2) is 48.5 Å². The molecule has 0 aliphatic heterocycles. The molecular formula is C15H13NO. The molecule has 17 heavy (non-hydrogen) atoms. The summed E-state index contributed by atoms with van der Waals surface area (Å²) in [5.74, 6) is 0. The third-order valence-electron chi connectivity index (χ3n) is 3.03. The summed E-state index contributed by atoms with van der Waals surface area (Å²) in [6.45, 7) is 1.74. The zero-order chi connectivity index (χ0) is 11.8. The van der Waals surface area contributed by atoms with Gasteiger partial charge >= 0.3 is 0 Å². The standard InChI is InChI=1S/C15H13NO/c1-10(17)14-9-8-12-7-6-11-4-2-3-5-13(11)15(12)16-14/h2-10,17H,1H3/t10-/m0/s1. The van der Waals surface area contributed by atoms with Crippen LogP contribution < -0.4 is 0 Å². The molecule has 2 aromatic carbocycles. The molecule has 0 unspecified atom stereocenters. The van der Waals surface area contributed by atoms with Crippen LogP contribution in [0.2, 0.25) is 0 Å². The molecule has 1 N–H and O–H groups in total. The van der Waals surface area contributed by atoms with Crippen molar-refractivity contribution in [1.29, 1.82) is 0 Å². The summed E-state index contributed by atoms with van der Waals surface area (Å²) in [7, 11) is 0. The van der Waals surface area contributed by atoms with Crippen LogP contribution in [-0.2, 0) is 0 Å². The zero-order valence-corrected chi connectivity index (χ0v) is 9.59. The van der Waals surface area contributed by atoms with E-state index in [1.807, 2.05) is 24.3 Å². The Hall–Kier alpha value is -1.93. The highest BCUT2D eigenvalue weighted by Gasteiger charge is 2.06. The maximum Gasteiger partial charge on any atom is 0.0932 e.